The zero-order chi connectivity index (χ0) is 28.8. The minimum absolute atomic E-state index is 0.152. The first-order valence-corrected chi connectivity index (χ1v) is 16.3. The summed E-state index contributed by atoms with van der Waals surface area (Å²) in [6.07, 6.45) is 3.17. The fourth-order valence-electron chi connectivity index (χ4n) is 4.64. The number of aromatic nitrogens is 1. The Morgan fingerprint density at radius 1 is 0.902 bits per heavy atom. The van der Waals surface area contributed by atoms with E-state index in [2.05, 4.69) is 31.8 Å². The molecule has 210 valence electrons. The molecule has 2 heterocycles. The van der Waals surface area contributed by atoms with Crippen LogP contribution in [0.1, 0.15) is 39.3 Å². The minimum atomic E-state index is -0.263. The summed E-state index contributed by atoms with van der Waals surface area (Å²) in [4.78, 5) is 29.7. The predicted molar refractivity (Wildman–Crippen MR) is 156 cm³/mol. The second kappa shape index (κ2) is 12.9. The van der Waals surface area contributed by atoms with Gasteiger partial charge >= 0.3 is 146 Å². The van der Waals surface area contributed by atoms with Crippen LogP contribution in [0.25, 0.3) is 0 Å². The van der Waals surface area contributed by atoms with Crippen LogP contribution in [0.15, 0.2) is 85.1 Å². The molecule has 0 aliphatic carbocycles. The average Bonchev–Trinajstić information content (AvgIpc) is 3.49. The van der Waals surface area contributed by atoms with E-state index in [1.165, 1.54) is 0 Å². The summed E-state index contributed by atoms with van der Waals surface area (Å²) in [5, 5.41) is 28.5. The summed E-state index contributed by atoms with van der Waals surface area (Å²) in [5.41, 5.74) is 5.11. The molecular formula is C31H30IN6O3-. The monoisotopic (exact) mass is 661 g/mol. The van der Waals surface area contributed by atoms with Crippen LogP contribution in [0.3, 0.4) is 0 Å². The molecule has 0 spiro atoms. The number of carbonyl (C=O) groups excluding carboxylic acids is 2. The molecule has 41 heavy (non-hydrogen) atoms. The molecule has 5 rings (SSSR count). The van der Waals surface area contributed by atoms with Crippen LogP contribution in [-0.4, -0.2) is 43.8 Å². The molecule has 1 aliphatic rings. The molecule has 9 nitrogen and oxygen atoms in total. The van der Waals surface area contributed by atoms with Crippen LogP contribution in [0, 0.1) is 11.3 Å². The Balaban J connectivity index is 1.20. The molecule has 0 unspecified atom stereocenters. The van der Waals surface area contributed by atoms with Gasteiger partial charge in [-0.15, -0.1) is 0 Å². The van der Waals surface area contributed by atoms with E-state index in [1.54, 1.807) is 42.5 Å². The molecule has 4 aromatic rings. The number of nitriles is 1. The number of benzene rings is 3. The number of aliphatic hydroxyl groups is 1. The van der Waals surface area contributed by atoms with Crippen molar-refractivity contribution in [2.45, 2.75) is 18.9 Å². The van der Waals surface area contributed by atoms with E-state index in [1.807, 2.05) is 45.4 Å². The van der Waals surface area contributed by atoms with Crippen LogP contribution in [0.2, 0.25) is 0 Å². The van der Waals surface area contributed by atoms with Gasteiger partial charge in [0.05, 0.1) is 6.10 Å². The van der Waals surface area contributed by atoms with Crippen molar-refractivity contribution in [3.05, 3.63) is 102 Å². The number of halogens is 1. The SMILES string of the molecule is C[I-]n1cccc1C(=O)Nc1ccc(Nc2ccc(NC(=O)c3ccc(N4CCC(O)CC4)cc3)cc2C#N)cc1. The molecule has 0 radical (unpaired) electrons. The second-order valence-electron chi connectivity index (χ2n) is 9.62. The van der Waals surface area contributed by atoms with Gasteiger partial charge in [0.25, 0.3) is 5.91 Å². The van der Waals surface area contributed by atoms with Crippen molar-refractivity contribution in [1.29, 1.82) is 5.26 Å². The molecule has 1 aromatic heterocycles. The number of rotatable bonds is 8. The molecule has 4 N–H and O–H groups in total. The number of hydrogen-bond donors (Lipinski definition) is 4. The zero-order valence-corrected chi connectivity index (χ0v) is 24.6. The van der Waals surface area contributed by atoms with Gasteiger partial charge in [-0.05, 0) is 37.1 Å². The van der Waals surface area contributed by atoms with Gasteiger partial charge in [-0.2, -0.15) is 5.26 Å². The Morgan fingerprint density at radius 2 is 1.56 bits per heavy atom. The van der Waals surface area contributed by atoms with Gasteiger partial charge in [-0.25, -0.2) is 0 Å². The quantitative estimate of drug-likeness (QED) is 0.170. The molecule has 1 saturated heterocycles. The third-order valence-corrected chi connectivity index (χ3v) is 8.78. The normalized spacial score (nSPS) is 13.4. The number of hydrogen-bond acceptors (Lipinski definition) is 6. The molecule has 3 aromatic carbocycles. The van der Waals surface area contributed by atoms with E-state index in [0.717, 1.165) is 37.3 Å². The average molecular weight is 662 g/mol. The Bertz CT molecular complexity index is 1570. The van der Waals surface area contributed by atoms with Crippen LogP contribution < -0.4 is 42.3 Å². The molecule has 0 saturated carbocycles. The summed E-state index contributed by atoms with van der Waals surface area (Å²) in [6, 6.07) is 25.7. The molecule has 1 aliphatic heterocycles. The molecule has 2 amide bonds. The van der Waals surface area contributed by atoms with Gasteiger partial charge in [0.2, 0.25) is 0 Å². The van der Waals surface area contributed by atoms with Crippen LogP contribution in [0.5, 0.6) is 0 Å². The third-order valence-electron chi connectivity index (χ3n) is 6.89. The number of amides is 2. The first-order chi connectivity index (χ1) is 19.9. The van der Waals surface area contributed by atoms with Crippen LogP contribution in [0.4, 0.5) is 28.4 Å². The fraction of sp³-hybridized carbons (Fsp3) is 0.194. The van der Waals surface area contributed by atoms with Crippen molar-refractivity contribution < 1.29 is 36.2 Å². The van der Waals surface area contributed by atoms with Gasteiger partial charge < -0.3 is 15.3 Å². The van der Waals surface area contributed by atoms with Gasteiger partial charge in [-0.3, -0.25) is 4.79 Å². The number of alkyl halides is 1. The van der Waals surface area contributed by atoms with Gasteiger partial charge in [0.1, 0.15) is 0 Å². The summed E-state index contributed by atoms with van der Waals surface area (Å²) >= 11 is -0.261. The molecule has 0 bridgehead atoms. The van der Waals surface area contributed by atoms with Crippen LogP contribution >= 0.6 is 0 Å². The summed E-state index contributed by atoms with van der Waals surface area (Å²) < 4.78 is 1.99. The summed E-state index contributed by atoms with van der Waals surface area (Å²) in [7, 11) is 0. The predicted octanol–water partition coefficient (Wildman–Crippen LogP) is 2.05. The van der Waals surface area contributed by atoms with Crippen molar-refractivity contribution in [3.8, 4) is 6.07 Å². The Kier molecular flexibility index (Phi) is 8.86. The van der Waals surface area contributed by atoms with E-state index >= 15 is 0 Å². The topological polar surface area (TPSA) is 122 Å². The van der Waals surface area contributed by atoms with Crippen molar-refractivity contribution in [2.75, 3.05) is 38.9 Å². The van der Waals surface area contributed by atoms with Crippen molar-refractivity contribution in [1.82, 2.24) is 2.78 Å². The second-order valence-corrected chi connectivity index (χ2v) is 11.6. The summed E-state index contributed by atoms with van der Waals surface area (Å²) in [5.74, 6) is -0.416. The fourth-order valence-corrected chi connectivity index (χ4v) is 6.05. The van der Waals surface area contributed by atoms with Gasteiger partial charge in [0.15, 0.2) is 0 Å². The van der Waals surface area contributed by atoms with E-state index in [9.17, 15) is 20.0 Å². The molecule has 1 fully saturated rings. The number of piperidine rings is 1. The number of aliphatic hydroxyl groups excluding tert-OH is 1. The van der Waals surface area contributed by atoms with Gasteiger partial charge in [-0.1, -0.05) is 0 Å². The number of carbonyl (C=O) groups is 2. The van der Waals surface area contributed by atoms with Gasteiger partial charge in [0, 0.05) is 30.0 Å². The standard InChI is InChI=1S/C31H30IN6O3/c1-32-38-16-2-3-29(38)31(41)35-24-8-6-23(7-9-24)34-28-13-10-25(19-22(28)20-33)36-30(40)21-4-11-26(12-5-21)37-17-14-27(39)15-18-37/h2-13,16,19,27,34,39H,14-15,17-18H2,1H3,(H,35,41)(H,36,40)/q-1. The van der Waals surface area contributed by atoms with E-state index in [4.69, 9.17) is 0 Å². The number of nitrogens with one attached hydrogen (secondary N) is 3. The molecule has 10 heteroatoms. The maximum atomic E-state index is 12.9. The van der Waals surface area contributed by atoms with Crippen LogP contribution in [-0.2, 0) is 0 Å². The van der Waals surface area contributed by atoms with E-state index < -0.39 is 0 Å². The van der Waals surface area contributed by atoms with E-state index in [0.29, 0.717) is 33.9 Å². The Hall–Kier alpha value is -4.34. The maximum absolute atomic E-state index is 12.9. The Morgan fingerprint density at radius 3 is 2.24 bits per heavy atom. The van der Waals surface area contributed by atoms with Crippen molar-refractivity contribution in [2.24, 2.45) is 0 Å². The number of anilines is 5. The third kappa shape index (κ3) is 6.87. The zero-order valence-electron chi connectivity index (χ0n) is 22.5. The molecular weight excluding hydrogens is 631 g/mol. The van der Waals surface area contributed by atoms with Crippen molar-refractivity contribution >= 4 is 40.3 Å². The first-order valence-electron chi connectivity index (χ1n) is 13.2. The number of nitrogens with zero attached hydrogens (tertiary/aromatic N) is 3. The Labute approximate surface area is 249 Å². The summed E-state index contributed by atoms with van der Waals surface area (Å²) in [6.45, 7) is 1.58. The van der Waals surface area contributed by atoms with E-state index in [-0.39, 0.29) is 39.4 Å². The van der Waals surface area contributed by atoms with Crippen molar-refractivity contribution in [3.63, 3.8) is 0 Å². The molecule has 0 atom stereocenters. The first kappa shape index (κ1) is 28.2.